The van der Waals surface area contributed by atoms with Crippen molar-refractivity contribution in [3.63, 3.8) is 0 Å². The minimum Gasteiger partial charge on any atom is -0.385 e. The zero-order chi connectivity index (χ0) is 16.4. The molecule has 23 heavy (non-hydrogen) atoms. The topological polar surface area (TPSA) is 49.8 Å². The highest BCUT2D eigenvalue weighted by Crippen LogP contribution is 2.36. The Kier molecular flexibility index (Phi) is 4.74. The summed E-state index contributed by atoms with van der Waals surface area (Å²) >= 11 is 0. The van der Waals surface area contributed by atoms with Gasteiger partial charge in [-0.2, -0.15) is 0 Å². The van der Waals surface area contributed by atoms with Gasteiger partial charge in [-0.3, -0.25) is 4.79 Å². The molecule has 1 amide bonds. The van der Waals surface area contributed by atoms with Crippen LogP contribution < -0.4 is 0 Å². The largest absolute Gasteiger partial charge is 0.385 e. The van der Waals surface area contributed by atoms with E-state index in [9.17, 15) is 9.90 Å². The molecule has 0 radical (unpaired) electrons. The molecule has 1 heterocycles. The highest BCUT2D eigenvalue weighted by molar-refractivity contribution is 5.76. The van der Waals surface area contributed by atoms with Crippen LogP contribution in [0.15, 0.2) is 24.3 Å². The van der Waals surface area contributed by atoms with Crippen LogP contribution in [0.4, 0.5) is 0 Å². The molecule has 2 aliphatic rings. The van der Waals surface area contributed by atoms with Crippen molar-refractivity contribution in [3.8, 4) is 0 Å². The average Bonchev–Trinajstić information content (AvgIpc) is 2.53. The molecular formula is C19H27NO3. The predicted octanol–water partition coefficient (Wildman–Crippen LogP) is 2.62. The van der Waals surface area contributed by atoms with Crippen LogP contribution in [-0.4, -0.2) is 42.2 Å². The molecule has 2 fully saturated rings. The highest BCUT2D eigenvalue weighted by atomic mass is 16.5. The van der Waals surface area contributed by atoms with Gasteiger partial charge in [-0.05, 0) is 49.7 Å². The number of aliphatic hydroxyl groups is 1. The predicted molar refractivity (Wildman–Crippen MR) is 89.0 cm³/mol. The monoisotopic (exact) mass is 317 g/mol. The van der Waals surface area contributed by atoms with Crippen molar-refractivity contribution in [1.29, 1.82) is 0 Å². The quantitative estimate of drug-likeness (QED) is 0.929. The summed E-state index contributed by atoms with van der Waals surface area (Å²) in [5.41, 5.74) is 1.32. The van der Waals surface area contributed by atoms with Gasteiger partial charge in [0.15, 0.2) is 0 Å². The molecule has 1 aromatic rings. The summed E-state index contributed by atoms with van der Waals surface area (Å²) in [7, 11) is 1.73. The van der Waals surface area contributed by atoms with Crippen LogP contribution >= 0.6 is 0 Å². The minimum absolute atomic E-state index is 0.212. The Morgan fingerprint density at radius 1 is 1.30 bits per heavy atom. The maximum Gasteiger partial charge on any atom is 0.222 e. The second-order valence-electron chi connectivity index (χ2n) is 7.04. The van der Waals surface area contributed by atoms with Gasteiger partial charge in [0.25, 0.3) is 0 Å². The second kappa shape index (κ2) is 6.62. The molecule has 126 valence electrons. The Bertz CT molecular complexity index is 561. The van der Waals surface area contributed by atoms with Crippen molar-refractivity contribution < 1.29 is 14.6 Å². The second-order valence-corrected chi connectivity index (χ2v) is 7.04. The van der Waals surface area contributed by atoms with Crippen LogP contribution in [0.3, 0.4) is 0 Å². The van der Waals surface area contributed by atoms with Crippen LogP contribution in [0.25, 0.3) is 0 Å². The molecule has 1 aromatic carbocycles. The van der Waals surface area contributed by atoms with Gasteiger partial charge in [-0.15, -0.1) is 0 Å². The van der Waals surface area contributed by atoms with E-state index in [1.54, 1.807) is 7.11 Å². The third kappa shape index (κ3) is 3.29. The molecule has 1 saturated carbocycles. The molecule has 2 unspecified atom stereocenters. The van der Waals surface area contributed by atoms with Crippen molar-refractivity contribution in [1.82, 2.24) is 4.90 Å². The van der Waals surface area contributed by atoms with E-state index < -0.39 is 5.60 Å². The van der Waals surface area contributed by atoms with Crippen LogP contribution in [0, 0.1) is 12.8 Å². The smallest absolute Gasteiger partial charge is 0.222 e. The highest BCUT2D eigenvalue weighted by Gasteiger charge is 2.38. The summed E-state index contributed by atoms with van der Waals surface area (Å²) in [6.07, 6.45) is 4.23. The Labute approximate surface area is 138 Å². The molecule has 0 spiro atoms. The molecule has 4 heteroatoms. The number of benzene rings is 1. The number of rotatable bonds is 4. The first kappa shape index (κ1) is 16.5. The number of hydrogen-bond acceptors (Lipinski definition) is 3. The fourth-order valence-electron chi connectivity index (χ4n) is 3.93. The summed E-state index contributed by atoms with van der Waals surface area (Å²) in [6, 6.07) is 8.00. The SMILES string of the molecule is COC1CCC1CC(=O)N1CCC(O)(c2ccccc2C)CC1. The molecule has 3 rings (SSSR count). The standard InChI is InChI=1S/C19H27NO3/c1-14-5-3-4-6-16(14)19(22)9-11-20(12-10-19)18(21)13-15-7-8-17(15)23-2/h3-6,15,17,22H,7-13H2,1-2H3. The van der Waals surface area contributed by atoms with Crippen LogP contribution in [0.1, 0.15) is 43.2 Å². The van der Waals surface area contributed by atoms with E-state index in [1.807, 2.05) is 36.1 Å². The molecule has 0 bridgehead atoms. The van der Waals surface area contributed by atoms with Crippen LogP contribution in [0.2, 0.25) is 0 Å². The Morgan fingerprint density at radius 2 is 2.00 bits per heavy atom. The molecule has 1 saturated heterocycles. The number of methoxy groups -OCH3 is 1. The lowest BCUT2D eigenvalue weighted by Crippen LogP contribution is -2.47. The lowest BCUT2D eigenvalue weighted by molar-refractivity contribution is -0.140. The van der Waals surface area contributed by atoms with Gasteiger partial charge in [0, 0.05) is 26.6 Å². The van der Waals surface area contributed by atoms with E-state index in [-0.39, 0.29) is 12.0 Å². The molecule has 1 aliphatic carbocycles. The first-order valence-electron chi connectivity index (χ1n) is 8.62. The Balaban J connectivity index is 1.58. The van der Waals surface area contributed by atoms with E-state index in [0.29, 0.717) is 38.3 Å². The first-order chi connectivity index (χ1) is 11.0. The van der Waals surface area contributed by atoms with Gasteiger partial charge >= 0.3 is 0 Å². The molecule has 2 atom stereocenters. The van der Waals surface area contributed by atoms with Crippen molar-refractivity contribution >= 4 is 5.91 Å². The summed E-state index contributed by atoms with van der Waals surface area (Å²) in [4.78, 5) is 14.4. The Hall–Kier alpha value is -1.39. The third-order valence-electron chi connectivity index (χ3n) is 5.68. The van der Waals surface area contributed by atoms with E-state index in [4.69, 9.17) is 4.74 Å². The fraction of sp³-hybridized carbons (Fsp3) is 0.632. The zero-order valence-corrected chi connectivity index (χ0v) is 14.1. The van der Waals surface area contributed by atoms with Crippen molar-refractivity contribution in [2.45, 2.75) is 50.7 Å². The molecule has 0 aromatic heterocycles. The molecule has 1 N–H and O–H groups in total. The number of piperidine rings is 1. The number of ether oxygens (including phenoxy) is 1. The summed E-state index contributed by atoms with van der Waals surface area (Å²) in [5.74, 6) is 0.591. The van der Waals surface area contributed by atoms with E-state index >= 15 is 0 Å². The van der Waals surface area contributed by atoms with Crippen molar-refractivity contribution in [2.24, 2.45) is 5.92 Å². The van der Waals surface area contributed by atoms with Gasteiger partial charge in [-0.25, -0.2) is 0 Å². The van der Waals surface area contributed by atoms with E-state index in [2.05, 4.69) is 0 Å². The van der Waals surface area contributed by atoms with Crippen LogP contribution in [0.5, 0.6) is 0 Å². The summed E-state index contributed by atoms with van der Waals surface area (Å²) < 4.78 is 5.38. The number of carbonyl (C=O) groups excluding carboxylic acids is 1. The fourth-order valence-corrected chi connectivity index (χ4v) is 3.93. The van der Waals surface area contributed by atoms with Gasteiger partial charge in [-0.1, -0.05) is 24.3 Å². The van der Waals surface area contributed by atoms with E-state index in [1.165, 1.54) is 0 Å². The maximum atomic E-state index is 12.5. The number of amides is 1. The maximum absolute atomic E-state index is 12.5. The van der Waals surface area contributed by atoms with Gasteiger partial charge < -0.3 is 14.7 Å². The zero-order valence-electron chi connectivity index (χ0n) is 14.1. The van der Waals surface area contributed by atoms with E-state index in [0.717, 1.165) is 24.0 Å². The number of nitrogens with zero attached hydrogens (tertiary/aromatic N) is 1. The van der Waals surface area contributed by atoms with Gasteiger partial charge in [0.1, 0.15) is 0 Å². The molecular weight excluding hydrogens is 290 g/mol. The lowest BCUT2D eigenvalue weighted by Gasteiger charge is -2.41. The number of likely N-dealkylation sites (tertiary alicyclic amines) is 1. The molecule has 1 aliphatic heterocycles. The first-order valence-corrected chi connectivity index (χ1v) is 8.62. The normalized spacial score (nSPS) is 26.7. The van der Waals surface area contributed by atoms with Gasteiger partial charge in [0.05, 0.1) is 11.7 Å². The third-order valence-corrected chi connectivity index (χ3v) is 5.68. The lowest BCUT2D eigenvalue weighted by atomic mass is 9.78. The van der Waals surface area contributed by atoms with Crippen LogP contribution in [-0.2, 0) is 15.1 Å². The molecule has 4 nitrogen and oxygen atoms in total. The van der Waals surface area contributed by atoms with Gasteiger partial charge in [0.2, 0.25) is 5.91 Å². The van der Waals surface area contributed by atoms with Crippen molar-refractivity contribution in [2.75, 3.05) is 20.2 Å². The summed E-state index contributed by atoms with van der Waals surface area (Å²) in [6.45, 7) is 3.30. The Morgan fingerprint density at radius 3 is 2.57 bits per heavy atom. The average molecular weight is 317 g/mol. The number of carbonyl (C=O) groups is 1. The minimum atomic E-state index is -0.798. The number of hydrogen-bond donors (Lipinski definition) is 1. The van der Waals surface area contributed by atoms with Crippen molar-refractivity contribution in [3.05, 3.63) is 35.4 Å². The summed E-state index contributed by atoms with van der Waals surface area (Å²) in [5, 5.41) is 11.0. The number of aryl methyl sites for hydroxylation is 1.